The van der Waals surface area contributed by atoms with Gasteiger partial charge < -0.3 is 0 Å². The van der Waals surface area contributed by atoms with Crippen LogP contribution in [-0.4, -0.2) is 14.0 Å². The number of hydrogen-bond acceptors (Lipinski definition) is 2. The minimum Gasteiger partial charge on any atom is -0.207 e. The third kappa shape index (κ3) is 2.83. The van der Waals surface area contributed by atoms with E-state index in [0.717, 1.165) is 47.9 Å². The molecule has 1 aliphatic heterocycles. The number of hydrogen-bond donors (Lipinski definition) is 1. The van der Waals surface area contributed by atoms with Crippen LogP contribution in [0, 0.1) is 0 Å². The highest BCUT2D eigenvalue weighted by Gasteiger charge is 2.47. The van der Waals surface area contributed by atoms with E-state index in [-0.39, 0.29) is 5.54 Å². The summed E-state index contributed by atoms with van der Waals surface area (Å²) in [4.78, 5) is 0.481. The highest BCUT2D eigenvalue weighted by Crippen LogP contribution is 2.45. The van der Waals surface area contributed by atoms with Crippen LogP contribution in [0.1, 0.15) is 44.6 Å². The van der Waals surface area contributed by atoms with Crippen molar-refractivity contribution in [1.29, 1.82) is 0 Å². The van der Waals surface area contributed by atoms with Crippen LogP contribution in [-0.2, 0) is 10.0 Å². The molecule has 0 unspecified atom stereocenters. The molecule has 0 radical (unpaired) electrons. The Bertz CT molecular complexity index is 906. The van der Waals surface area contributed by atoms with Gasteiger partial charge in [-0.15, -0.1) is 0 Å². The maximum Gasteiger partial charge on any atom is 0.241 e. The van der Waals surface area contributed by atoms with Gasteiger partial charge in [0.1, 0.15) is 0 Å². The third-order valence-electron chi connectivity index (χ3n) is 5.62. The van der Waals surface area contributed by atoms with E-state index in [4.69, 9.17) is 0 Å². The van der Waals surface area contributed by atoms with Crippen molar-refractivity contribution >= 4 is 14.9 Å². The van der Waals surface area contributed by atoms with Crippen LogP contribution in [0.15, 0.2) is 60.2 Å². The summed E-state index contributed by atoms with van der Waals surface area (Å²) in [5, 5.41) is 0. The molecule has 0 saturated heterocycles. The predicted molar refractivity (Wildman–Crippen MR) is 102 cm³/mol. The number of nitrogens with one attached hydrogen (secondary N) is 1. The van der Waals surface area contributed by atoms with Gasteiger partial charge in [-0.05, 0) is 42.0 Å². The van der Waals surface area contributed by atoms with Crippen molar-refractivity contribution in [3.63, 3.8) is 0 Å². The maximum atomic E-state index is 12.8. The Labute approximate surface area is 149 Å². The summed E-state index contributed by atoms with van der Waals surface area (Å²) < 4.78 is 28.7. The molecule has 0 aromatic heterocycles. The Morgan fingerprint density at radius 1 is 0.800 bits per heavy atom. The van der Waals surface area contributed by atoms with Crippen LogP contribution < -0.4 is 4.72 Å². The molecule has 4 rings (SSSR count). The Kier molecular flexibility index (Phi) is 4.05. The average molecular weight is 353 g/mol. The maximum absolute atomic E-state index is 12.8. The molecule has 130 valence electrons. The molecule has 3 nitrogen and oxygen atoms in total. The van der Waals surface area contributed by atoms with Crippen molar-refractivity contribution in [3.8, 4) is 11.1 Å². The fourth-order valence-electron chi connectivity index (χ4n) is 4.25. The van der Waals surface area contributed by atoms with Crippen LogP contribution in [0.25, 0.3) is 16.0 Å². The second-order valence-electron chi connectivity index (χ2n) is 7.15. The van der Waals surface area contributed by atoms with Crippen molar-refractivity contribution in [3.05, 3.63) is 65.7 Å². The fraction of sp³-hybridized carbons (Fsp3) is 0.333. The lowest BCUT2D eigenvalue weighted by atomic mass is 9.77. The lowest BCUT2D eigenvalue weighted by Crippen LogP contribution is -2.45. The first-order chi connectivity index (χ1) is 12.0. The second kappa shape index (κ2) is 6.11. The zero-order valence-electron chi connectivity index (χ0n) is 14.5. The molecule has 0 bridgehead atoms. The normalized spacial score (nSPS) is 21.6. The first-order valence-corrected chi connectivity index (χ1v) is 10.4. The predicted octanol–water partition coefficient (Wildman–Crippen LogP) is 4.72. The molecule has 1 aliphatic carbocycles. The molecule has 4 heteroatoms. The molecule has 1 heterocycles. The first kappa shape index (κ1) is 16.6. The van der Waals surface area contributed by atoms with Gasteiger partial charge >= 0.3 is 0 Å². The molecule has 2 aromatic rings. The topological polar surface area (TPSA) is 46.2 Å². The molecule has 1 N–H and O–H groups in total. The van der Waals surface area contributed by atoms with Gasteiger partial charge in [-0.1, -0.05) is 73.9 Å². The average Bonchev–Trinajstić information content (AvgIpc) is 2.82. The largest absolute Gasteiger partial charge is 0.241 e. The zero-order chi connectivity index (χ0) is 17.5. The molecule has 1 spiro atoms. The van der Waals surface area contributed by atoms with Gasteiger partial charge in [0, 0.05) is 0 Å². The van der Waals surface area contributed by atoms with E-state index in [0.29, 0.717) is 4.91 Å². The van der Waals surface area contributed by atoms with Crippen molar-refractivity contribution in [2.24, 2.45) is 0 Å². The Morgan fingerprint density at radius 2 is 1.36 bits per heavy atom. The van der Waals surface area contributed by atoms with Gasteiger partial charge in [-0.25, -0.2) is 13.1 Å². The van der Waals surface area contributed by atoms with Crippen LogP contribution in [0.3, 0.4) is 0 Å². The third-order valence-corrected chi connectivity index (χ3v) is 7.36. The van der Waals surface area contributed by atoms with Crippen LogP contribution >= 0.6 is 0 Å². The second-order valence-corrected chi connectivity index (χ2v) is 8.77. The molecule has 0 atom stereocenters. The highest BCUT2D eigenvalue weighted by atomic mass is 32.2. The smallest absolute Gasteiger partial charge is 0.207 e. The summed E-state index contributed by atoms with van der Waals surface area (Å²) in [6, 6.07) is 18.0. The van der Waals surface area contributed by atoms with Gasteiger partial charge in [0.2, 0.25) is 10.0 Å². The molecular formula is C21H23NO2S. The van der Waals surface area contributed by atoms with Crippen LogP contribution in [0.4, 0.5) is 0 Å². The lowest BCUT2D eigenvalue weighted by Gasteiger charge is -2.34. The van der Waals surface area contributed by atoms with Crippen molar-refractivity contribution in [2.45, 2.75) is 44.6 Å². The Morgan fingerprint density at radius 3 is 2.00 bits per heavy atom. The van der Waals surface area contributed by atoms with Crippen molar-refractivity contribution in [2.75, 3.05) is 0 Å². The van der Waals surface area contributed by atoms with Crippen molar-refractivity contribution in [1.82, 2.24) is 4.72 Å². The van der Waals surface area contributed by atoms with E-state index in [1.807, 2.05) is 49.4 Å². The van der Waals surface area contributed by atoms with Gasteiger partial charge in [0.25, 0.3) is 0 Å². The Hall–Kier alpha value is -1.91. The summed E-state index contributed by atoms with van der Waals surface area (Å²) in [6.45, 7) is 1.99. The van der Waals surface area contributed by atoms with Gasteiger partial charge in [-0.2, -0.15) is 0 Å². The van der Waals surface area contributed by atoms with E-state index in [2.05, 4.69) is 16.9 Å². The van der Waals surface area contributed by atoms with E-state index >= 15 is 0 Å². The first-order valence-electron chi connectivity index (χ1n) is 8.93. The molecule has 25 heavy (non-hydrogen) atoms. The van der Waals surface area contributed by atoms with Gasteiger partial charge in [0.05, 0.1) is 10.4 Å². The van der Waals surface area contributed by atoms with Crippen molar-refractivity contribution < 1.29 is 8.42 Å². The monoisotopic (exact) mass is 353 g/mol. The SMILES string of the molecule is CC1=C(c2ccc(-c3ccccc3)cc2)S(=O)(=O)NC12CCCCC2. The molecule has 1 saturated carbocycles. The molecule has 0 amide bonds. The summed E-state index contributed by atoms with van der Waals surface area (Å²) in [6.07, 6.45) is 5.17. The summed E-state index contributed by atoms with van der Waals surface area (Å²) >= 11 is 0. The molecular weight excluding hydrogens is 330 g/mol. The Balaban J connectivity index is 1.75. The number of benzene rings is 2. The number of sulfonamides is 1. The fourth-order valence-corrected chi connectivity index (χ4v) is 6.27. The van der Waals surface area contributed by atoms with Crippen LogP contribution in [0.2, 0.25) is 0 Å². The van der Waals surface area contributed by atoms with E-state index < -0.39 is 10.0 Å². The minimum atomic E-state index is -3.45. The number of rotatable bonds is 2. The van der Waals surface area contributed by atoms with E-state index in [1.165, 1.54) is 6.42 Å². The van der Waals surface area contributed by atoms with Gasteiger partial charge in [0.15, 0.2) is 0 Å². The zero-order valence-corrected chi connectivity index (χ0v) is 15.3. The quantitative estimate of drug-likeness (QED) is 0.849. The summed E-state index contributed by atoms with van der Waals surface area (Å²) in [5.41, 5.74) is 3.64. The summed E-state index contributed by atoms with van der Waals surface area (Å²) in [7, 11) is -3.45. The minimum absolute atomic E-state index is 0.357. The molecule has 2 aliphatic rings. The summed E-state index contributed by atoms with van der Waals surface area (Å²) in [5.74, 6) is 0. The highest BCUT2D eigenvalue weighted by molar-refractivity contribution is 7.99. The van der Waals surface area contributed by atoms with E-state index in [9.17, 15) is 8.42 Å². The van der Waals surface area contributed by atoms with Gasteiger partial charge in [-0.3, -0.25) is 0 Å². The van der Waals surface area contributed by atoms with E-state index in [1.54, 1.807) is 0 Å². The molecule has 2 aromatic carbocycles. The molecule has 1 fully saturated rings. The van der Waals surface area contributed by atoms with Crippen LogP contribution in [0.5, 0.6) is 0 Å². The lowest BCUT2D eigenvalue weighted by molar-refractivity contribution is 0.321. The standard InChI is InChI=1S/C21H23NO2S/c1-16-20(25(23,24)22-21(16)14-6-3-7-15-21)19-12-10-18(11-13-19)17-8-4-2-5-9-17/h2,4-5,8-13,22H,3,6-7,14-15H2,1H3.